The normalized spacial score (nSPS) is 22.2. The van der Waals surface area contributed by atoms with Crippen LogP contribution in [0.4, 0.5) is 0 Å². The van der Waals surface area contributed by atoms with Crippen LogP contribution in [0.5, 0.6) is 0 Å². The minimum atomic E-state index is 0.352. The van der Waals surface area contributed by atoms with Crippen LogP contribution in [0.1, 0.15) is 52.3 Å². The molecular weight excluding hydrogens is 248 g/mol. The van der Waals surface area contributed by atoms with Crippen LogP contribution < -0.4 is 5.32 Å². The van der Waals surface area contributed by atoms with Gasteiger partial charge in [-0.05, 0) is 42.9 Å². The average Bonchev–Trinajstić information content (AvgIpc) is 3.27. The largest absolute Gasteiger partial charge is 0.313 e. The minimum Gasteiger partial charge on any atom is -0.313 e. The molecule has 1 aromatic rings. The van der Waals surface area contributed by atoms with Crippen molar-refractivity contribution in [2.75, 3.05) is 6.54 Å². The molecule has 2 aliphatic rings. The lowest BCUT2D eigenvalue weighted by atomic mass is 9.81. The maximum absolute atomic E-state index is 4.53. The second kappa shape index (κ2) is 5.47. The number of nitrogens with zero attached hydrogens (tertiary/aromatic N) is 3. The second-order valence-electron chi connectivity index (χ2n) is 7.51. The van der Waals surface area contributed by atoms with Crippen molar-refractivity contribution in [3.8, 4) is 0 Å². The van der Waals surface area contributed by atoms with E-state index in [4.69, 9.17) is 0 Å². The maximum Gasteiger partial charge on any atom is 0.138 e. The van der Waals surface area contributed by atoms with Crippen molar-refractivity contribution < 1.29 is 0 Å². The Hall–Kier alpha value is -0.900. The Morgan fingerprint density at radius 2 is 2.10 bits per heavy atom. The zero-order chi connectivity index (χ0) is 14.2. The summed E-state index contributed by atoms with van der Waals surface area (Å²) in [4.78, 5) is 4.53. The van der Waals surface area contributed by atoms with Gasteiger partial charge in [-0.2, -0.15) is 5.10 Å². The van der Waals surface area contributed by atoms with E-state index in [-0.39, 0.29) is 0 Å². The van der Waals surface area contributed by atoms with Crippen molar-refractivity contribution in [2.24, 2.45) is 17.3 Å². The zero-order valence-electron chi connectivity index (χ0n) is 13.1. The van der Waals surface area contributed by atoms with Crippen LogP contribution in [0.3, 0.4) is 0 Å². The number of aromatic nitrogens is 3. The van der Waals surface area contributed by atoms with E-state index in [9.17, 15) is 0 Å². The summed E-state index contributed by atoms with van der Waals surface area (Å²) in [6, 6.07) is 0.793. The Bertz CT molecular complexity index is 445. The molecule has 1 heterocycles. The summed E-state index contributed by atoms with van der Waals surface area (Å²) in [6.45, 7) is 9.03. The van der Waals surface area contributed by atoms with Crippen LogP contribution >= 0.6 is 0 Å². The molecule has 0 amide bonds. The zero-order valence-corrected chi connectivity index (χ0v) is 13.1. The summed E-state index contributed by atoms with van der Waals surface area (Å²) in [5, 5.41) is 8.15. The van der Waals surface area contributed by atoms with Crippen LogP contribution in [0.15, 0.2) is 6.33 Å². The van der Waals surface area contributed by atoms with Gasteiger partial charge in [0.2, 0.25) is 0 Å². The molecule has 0 bridgehead atoms. The summed E-state index contributed by atoms with van der Waals surface area (Å²) in [7, 11) is 0. The first kappa shape index (κ1) is 14.1. The molecule has 0 saturated heterocycles. The van der Waals surface area contributed by atoms with Crippen LogP contribution in [0, 0.1) is 17.3 Å². The molecule has 0 aliphatic heterocycles. The van der Waals surface area contributed by atoms with E-state index in [0.717, 1.165) is 31.5 Å². The quantitative estimate of drug-likeness (QED) is 0.794. The molecule has 2 fully saturated rings. The predicted octanol–water partition coefficient (Wildman–Crippen LogP) is 2.64. The first-order chi connectivity index (χ1) is 9.57. The Morgan fingerprint density at radius 1 is 1.35 bits per heavy atom. The molecule has 1 N–H and O–H groups in total. The minimum absolute atomic E-state index is 0.352. The number of rotatable bonds is 8. The number of hydrogen-bond acceptors (Lipinski definition) is 3. The highest BCUT2D eigenvalue weighted by atomic mass is 15.3. The van der Waals surface area contributed by atoms with E-state index in [1.807, 2.05) is 0 Å². The molecule has 0 spiro atoms. The monoisotopic (exact) mass is 276 g/mol. The van der Waals surface area contributed by atoms with E-state index >= 15 is 0 Å². The highest BCUT2D eigenvalue weighted by Gasteiger charge is 2.43. The fraction of sp³-hybridized carbons (Fsp3) is 0.875. The molecule has 2 aliphatic carbocycles. The van der Waals surface area contributed by atoms with Gasteiger partial charge in [-0.25, -0.2) is 9.67 Å². The van der Waals surface area contributed by atoms with Gasteiger partial charge in [0, 0.05) is 25.6 Å². The van der Waals surface area contributed by atoms with Gasteiger partial charge >= 0.3 is 0 Å². The average molecular weight is 276 g/mol. The summed E-state index contributed by atoms with van der Waals surface area (Å²) in [5.41, 5.74) is 0.352. The lowest BCUT2D eigenvalue weighted by Gasteiger charge is -2.30. The van der Waals surface area contributed by atoms with Gasteiger partial charge in [-0.3, -0.25) is 0 Å². The molecular formula is C16H28N4. The Kier molecular flexibility index (Phi) is 3.85. The predicted molar refractivity (Wildman–Crippen MR) is 80.4 cm³/mol. The first-order valence-corrected chi connectivity index (χ1v) is 8.17. The molecule has 1 unspecified atom stereocenters. The van der Waals surface area contributed by atoms with E-state index < -0.39 is 0 Å². The van der Waals surface area contributed by atoms with Gasteiger partial charge in [0.1, 0.15) is 12.2 Å². The molecule has 112 valence electrons. The first-order valence-electron chi connectivity index (χ1n) is 8.17. The fourth-order valence-corrected chi connectivity index (χ4v) is 3.08. The molecule has 0 aromatic carbocycles. The number of nitrogens with one attached hydrogen (secondary N) is 1. The third kappa shape index (κ3) is 3.40. The van der Waals surface area contributed by atoms with Gasteiger partial charge in [0.15, 0.2) is 0 Å². The van der Waals surface area contributed by atoms with Crippen LogP contribution in [-0.4, -0.2) is 27.4 Å². The second-order valence-corrected chi connectivity index (χ2v) is 7.51. The third-order valence-corrected chi connectivity index (χ3v) is 4.73. The van der Waals surface area contributed by atoms with Crippen molar-refractivity contribution in [2.45, 2.75) is 65.5 Å². The summed E-state index contributed by atoms with van der Waals surface area (Å²) in [5.74, 6) is 2.66. The van der Waals surface area contributed by atoms with Gasteiger partial charge in [-0.1, -0.05) is 20.8 Å². The van der Waals surface area contributed by atoms with Crippen molar-refractivity contribution in [3.05, 3.63) is 12.2 Å². The van der Waals surface area contributed by atoms with E-state index in [0.29, 0.717) is 11.3 Å². The van der Waals surface area contributed by atoms with Gasteiger partial charge in [-0.15, -0.1) is 0 Å². The van der Waals surface area contributed by atoms with Crippen LogP contribution in [0.25, 0.3) is 0 Å². The SMILES string of the molecule is CC(C)Cn1ncnc1CC(C)(CNC1CC1)C1CC1. The maximum atomic E-state index is 4.53. The molecule has 1 atom stereocenters. The molecule has 2 saturated carbocycles. The molecule has 4 nitrogen and oxygen atoms in total. The van der Waals surface area contributed by atoms with Crippen molar-refractivity contribution in [3.63, 3.8) is 0 Å². The van der Waals surface area contributed by atoms with Crippen LogP contribution in [-0.2, 0) is 13.0 Å². The topological polar surface area (TPSA) is 42.7 Å². The highest BCUT2D eigenvalue weighted by molar-refractivity contribution is 5.01. The van der Waals surface area contributed by atoms with Crippen molar-refractivity contribution >= 4 is 0 Å². The highest BCUT2D eigenvalue weighted by Crippen LogP contribution is 2.47. The molecule has 0 radical (unpaired) electrons. The Morgan fingerprint density at radius 3 is 2.70 bits per heavy atom. The van der Waals surface area contributed by atoms with Gasteiger partial charge in [0.25, 0.3) is 0 Å². The molecule has 3 rings (SSSR count). The summed E-state index contributed by atoms with van der Waals surface area (Å²) in [6.07, 6.45) is 8.29. The lowest BCUT2D eigenvalue weighted by molar-refractivity contribution is 0.244. The third-order valence-electron chi connectivity index (χ3n) is 4.73. The lowest BCUT2D eigenvalue weighted by Crippen LogP contribution is -2.37. The Labute approximate surface area is 122 Å². The molecule has 4 heteroatoms. The fourth-order valence-electron chi connectivity index (χ4n) is 3.08. The summed E-state index contributed by atoms with van der Waals surface area (Å²) < 4.78 is 2.11. The smallest absolute Gasteiger partial charge is 0.138 e. The van der Waals surface area contributed by atoms with Gasteiger partial charge < -0.3 is 5.32 Å². The molecule has 1 aromatic heterocycles. The summed E-state index contributed by atoms with van der Waals surface area (Å²) >= 11 is 0. The Balaban J connectivity index is 1.67. The number of hydrogen-bond donors (Lipinski definition) is 1. The molecule has 20 heavy (non-hydrogen) atoms. The van der Waals surface area contributed by atoms with E-state index in [2.05, 4.69) is 40.9 Å². The van der Waals surface area contributed by atoms with Crippen molar-refractivity contribution in [1.82, 2.24) is 20.1 Å². The van der Waals surface area contributed by atoms with Crippen LogP contribution in [0.2, 0.25) is 0 Å². The van der Waals surface area contributed by atoms with E-state index in [1.54, 1.807) is 6.33 Å². The van der Waals surface area contributed by atoms with E-state index in [1.165, 1.54) is 31.5 Å². The van der Waals surface area contributed by atoms with Gasteiger partial charge in [0.05, 0.1) is 0 Å². The standard InChI is InChI=1S/C16H28N4/c1-12(2)9-20-15(18-11-19-20)8-16(3,13-4-5-13)10-17-14-6-7-14/h11-14,17H,4-10H2,1-3H3. The van der Waals surface area contributed by atoms with Crippen molar-refractivity contribution in [1.29, 1.82) is 0 Å².